The molecule has 0 heterocycles. The van der Waals surface area contributed by atoms with Crippen molar-refractivity contribution in [3.8, 4) is 0 Å². The summed E-state index contributed by atoms with van der Waals surface area (Å²) in [6.07, 6.45) is 0. The van der Waals surface area contributed by atoms with Crippen molar-refractivity contribution in [1.29, 1.82) is 0 Å². The van der Waals surface area contributed by atoms with Crippen molar-refractivity contribution in [2.75, 3.05) is 24.3 Å². The Labute approximate surface area is 144 Å². The quantitative estimate of drug-likeness (QED) is 0.590. The van der Waals surface area contributed by atoms with Gasteiger partial charge in [0.1, 0.15) is 5.82 Å². The molecule has 0 aliphatic rings. The Hall–Kier alpha value is -2.34. The number of rotatable bonds is 6. The first kappa shape index (κ1) is 18.0. The fourth-order valence-corrected chi connectivity index (χ4v) is 3.07. The van der Waals surface area contributed by atoms with Crippen molar-refractivity contribution < 1.29 is 18.7 Å². The van der Waals surface area contributed by atoms with Crippen LogP contribution in [0.4, 0.5) is 10.1 Å². The third-order valence-corrected chi connectivity index (χ3v) is 4.44. The van der Waals surface area contributed by atoms with Gasteiger partial charge in [-0.2, -0.15) is 0 Å². The summed E-state index contributed by atoms with van der Waals surface area (Å²) in [7, 11) is 1.30. The standard InChI is InChI=1S/C18H18FNO3S/c1-3-20(15-10-6-4-8-13(15)18(22)23-2)17(21)12-24-16-11-7-5-9-14(16)19/h4-11H,3,12H2,1-2H3. The Morgan fingerprint density at radius 2 is 1.79 bits per heavy atom. The van der Waals surface area contributed by atoms with Gasteiger partial charge in [0.15, 0.2) is 0 Å². The number of para-hydroxylation sites is 1. The number of nitrogens with zero attached hydrogens (tertiary/aromatic N) is 1. The summed E-state index contributed by atoms with van der Waals surface area (Å²) in [4.78, 5) is 26.4. The molecule has 0 aliphatic carbocycles. The van der Waals surface area contributed by atoms with Crippen LogP contribution >= 0.6 is 11.8 Å². The van der Waals surface area contributed by atoms with Crippen LogP contribution in [0.2, 0.25) is 0 Å². The summed E-state index contributed by atoms with van der Waals surface area (Å²) in [6.45, 7) is 2.21. The molecule has 6 heteroatoms. The smallest absolute Gasteiger partial charge is 0.339 e. The van der Waals surface area contributed by atoms with Crippen molar-refractivity contribution >= 4 is 29.3 Å². The molecule has 1 amide bonds. The number of carbonyl (C=O) groups excluding carboxylic acids is 2. The highest BCUT2D eigenvalue weighted by Crippen LogP contribution is 2.25. The highest BCUT2D eigenvalue weighted by atomic mass is 32.2. The van der Waals surface area contributed by atoms with Crippen LogP contribution in [-0.4, -0.2) is 31.3 Å². The lowest BCUT2D eigenvalue weighted by Gasteiger charge is -2.23. The van der Waals surface area contributed by atoms with Gasteiger partial charge in [-0.3, -0.25) is 4.79 Å². The lowest BCUT2D eigenvalue weighted by Crippen LogP contribution is -2.33. The summed E-state index contributed by atoms with van der Waals surface area (Å²) in [5, 5.41) is 0. The van der Waals surface area contributed by atoms with Crippen LogP contribution in [0.25, 0.3) is 0 Å². The second kappa shape index (κ2) is 8.49. The fraction of sp³-hybridized carbons (Fsp3) is 0.222. The predicted octanol–water partition coefficient (Wildman–Crippen LogP) is 3.76. The minimum atomic E-state index is -0.501. The molecule has 0 saturated heterocycles. The molecule has 2 aromatic rings. The third-order valence-electron chi connectivity index (χ3n) is 3.41. The van der Waals surface area contributed by atoms with Crippen molar-refractivity contribution in [2.24, 2.45) is 0 Å². The molecule has 0 aliphatic heterocycles. The molecule has 2 rings (SSSR count). The molecule has 0 spiro atoms. The number of anilines is 1. The van der Waals surface area contributed by atoms with Crippen LogP contribution in [0.5, 0.6) is 0 Å². The molecule has 0 saturated carbocycles. The highest BCUT2D eigenvalue weighted by Gasteiger charge is 2.21. The lowest BCUT2D eigenvalue weighted by molar-refractivity contribution is -0.116. The van der Waals surface area contributed by atoms with Crippen LogP contribution in [0, 0.1) is 5.82 Å². The zero-order chi connectivity index (χ0) is 17.5. The maximum atomic E-state index is 13.7. The second-order valence-electron chi connectivity index (χ2n) is 4.87. The minimum Gasteiger partial charge on any atom is -0.465 e. The number of hydrogen-bond donors (Lipinski definition) is 0. The molecule has 2 aromatic carbocycles. The number of halogens is 1. The Morgan fingerprint density at radius 1 is 1.12 bits per heavy atom. The van der Waals surface area contributed by atoms with Crippen molar-refractivity contribution in [1.82, 2.24) is 0 Å². The lowest BCUT2D eigenvalue weighted by atomic mass is 10.1. The molecule has 0 aromatic heterocycles. The number of thioether (sulfide) groups is 1. The average molecular weight is 347 g/mol. The number of amides is 1. The Morgan fingerprint density at radius 3 is 2.46 bits per heavy atom. The number of esters is 1. The summed E-state index contributed by atoms with van der Waals surface area (Å²) in [5.74, 6) is -0.987. The summed E-state index contributed by atoms with van der Waals surface area (Å²) in [6, 6.07) is 13.1. The number of benzene rings is 2. The predicted molar refractivity (Wildman–Crippen MR) is 92.9 cm³/mol. The zero-order valence-corrected chi connectivity index (χ0v) is 14.3. The van der Waals surface area contributed by atoms with Crippen LogP contribution in [-0.2, 0) is 9.53 Å². The summed E-state index contributed by atoms with van der Waals surface area (Å²) < 4.78 is 18.4. The van der Waals surface area contributed by atoms with Gasteiger partial charge < -0.3 is 9.64 Å². The van der Waals surface area contributed by atoms with Gasteiger partial charge in [0.05, 0.1) is 24.1 Å². The van der Waals surface area contributed by atoms with E-state index in [1.165, 1.54) is 18.1 Å². The number of carbonyl (C=O) groups is 2. The molecule has 0 unspecified atom stereocenters. The van der Waals surface area contributed by atoms with Gasteiger partial charge in [-0.05, 0) is 31.2 Å². The van der Waals surface area contributed by atoms with Crippen molar-refractivity contribution in [3.05, 3.63) is 59.9 Å². The van der Waals surface area contributed by atoms with E-state index in [4.69, 9.17) is 4.74 Å². The fourth-order valence-electron chi connectivity index (χ4n) is 2.25. The normalized spacial score (nSPS) is 10.3. The van der Waals surface area contributed by atoms with Crippen LogP contribution in [0.3, 0.4) is 0 Å². The zero-order valence-electron chi connectivity index (χ0n) is 13.5. The van der Waals surface area contributed by atoms with E-state index in [0.717, 1.165) is 11.8 Å². The number of ether oxygens (including phenoxy) is 1. The van der Waals surface area contributed by atoms with E-state index in [9.17, 15) is 14.0 Å². The molecule has 0 fully saturated rings. The molecule has 4 nitrogen and oxygen atoms in total. The van der Waals surface area contributed by atoms with E-state index < -0.39 is 5.97 Å². The SMILES string of the molecule is CCN(C(=O)CSc1ccccc1F)c1ccccc1C(=O)OC. The first-order valence-corrected chi connectivity index (χ1v) is 8.42. The van der Waals surface area contributed by atoms with Crippen molar-refractivity contribution in [2.45, 2.75) is 11.8 Å². The molecule has 0 atom stereocenters. The molecule has 126 valence electrons. The molecule has 0 radical (unpaired) electrons. The Kier molecular flexibility index (Phi) is 6.37. The van der Waals surface area contributed by atoms with Gasteiger partial charge >= 0.3 is 5.97 Å². The van der Waals surface area contributed by atoms with E-state index >= 15 is 0 Å². The van der Waals surface area contributed by atoms with Gasteiger partial charge in [-0.15, -0.1) is 11.8 Å². The van der Waals surface area contributed by atoms with Crippen molar-refractivity contribution in [3.63, 3.8) is 0 Å². The second-order valence-corrected chi connectivity index (χ2v) is 5.88. The number of hydrogen-bond acceptors (Lipinski definition) is 4. The first-order chi connectivity index (χ1) is 11.6. The molecule has 0 N–H and O–H groups in total. The summed E-state index contributed by atoms with van der Waals surface area (Å²) >= 11 is 1.13. The van der Waals surface area contributed by atoms with Gasteiger partial charge in [-0.1, -0.05) is 24.3 Å². The minimum absolute atomic E-state index is 0.0737. The molecule has 24 heavy (non-hydrogen) atoms. The largest absolute Gasteiger partial charge is 0.465 e. The third kappa shape index (κ3) is 4.14. The maximum absolute atomic E-state index is 13.7. The van der Waals surface area contributed by atoms with E-state index in [2.05, 4.69) is 0 Å². The average Bonchev–Trinajstić information content (AvgIpc) is 2.61. The maximum Gasteiger partial charge on any atom is 0.339 e. The van der Waals surface area contributed by atoms with Gasteiger partial charge in [0.25, 0.3) is 0 Å². The topological polar surface area (TPSA) is 46.6 Å². The van der Waals surface area contributed by atoms with Crippen LogP contribution < -0.4 is 4.90 Å². The van der Waals surface area contributed by atoms with E-state index in [1.807, 2.05) is 6.92 Å². The Bertz CT molecular complexity index is 736. The van der Waals surface area contributed by atoms with Crippen LogP contribution in [0.1, 0.15) is 17.3 Å². The first-order valence-electron chi connectivity index (χ1n) is 7.43. The summed E-state index contributed by atoms with van der Waals surface area (Å²) in [5.41, 5.74) is 0.817. The van der Waals surface area contributed by atoms with E-state index in [-0.39, 0.29) is 17.5 Å². The highest BCUT2D eigenvalue weighted by molar-refractivity contribution is 8.00. The number of methoxy groups -OCH3 is 1. The van der Waals surface area contributed by atoms with Gasteiger partial charge in [0, 0.05) is 11.4 Å². The van der Waals surface area contributed by atoms with Gasteiger partial charge in [0.2, 0.25) is 5.91 Å². The molecular weight excluding hydrogens is 329 g/mol. The van der Waals surface area contributed by atoms with E-state index in [1.54, 1.807) is 42.5 Å². The van der Waals surface area contributed by atoms with Crippen LogP contribution in [0.15, 0.2) is 53.4 Å². The monoisotopic (exact) mass is 347 g/mol. The van der Waals surface area contributed by atoms with Gasteiger partial charge in [-0.25, -0.2) is 9.18 Å². The van der Waals surface area contributed by atoms with E-state index in [0.29, 0.717) is 22.7 Å². The molecule has 0 bridgehead atoms. The Balaban J connectivity index is 2.18. The molecular formula is C18H18FNO3S.